The summed E-state index contributed by atoms with van der Waals surface area (Å²) in [5, 5.41) is 11.4. The van der Waals surface area contributed by atoms with Crippen LogP contribution in [0.4, 0.5) is 0 Å². The van der Waals surface area contributed by atoms with Crippen LogP contribution in [0.5, 0.6) is 0 Å². The zero-order valence-electron chi connectivity index (χ0n) is 12.2. The summed E-state index contributed by atoms with van der Waals surface area (Å²) in [6, 6.07) is 2.02. The van der Waals surface area contributed by atoms with Crippen molar-refractivity contribution in [2.75, 3.05) is 6.54 Å². The van der Waals surface area contributed by atoms with E-state index in [-0.39, 0.29) is 11.8 Å². The van der Waals surface area contributed by atoms with Gasteiger partial charge >= 0.3 is 5.97 Å². The standard InChI is InChI=1S/C15H21NO3S/c1-4-16(15(2,3)14(18)19)13(17)11-6-5-7-12-10(11)8-9-20-12/h8-9,11H,4-7H2,1-3H3,(H,18,19). The third-order valence-electron chi connectivity index (χ3n) is 4.13. The van der Waals surface area contributed by atoms with Gasteiger partial charge in [0.2, 0.25) is 5.91 Å². The van der Waals surface area contributed by atoms with Crippen molar-refractivity contribution in [3.63, 3.8) is 0 Å². The maximum absolute atomic E-state index is 12.8. The van der Waals surface area contributed by atoms with Crippen LogP contribution in [0, 0.1) is 0 Å². The van der Waals surface area contributed by atoms with Crippen LogP contribution in [0.2, 0.25) is 0 Å². The van der Waals surface area contributed by atoms with E-state index in [1.165, 1.54) is 9.78 Å². The lowest BCUT2D eigenvalue weighted by molar-refractivity contribution is -0.157. The summed E-state index contributed by atoms with van der Waals surface area (Å²) in [4.78, 5) is 27.0. The molecule has 0 saturated heterocycles. The first-order valence-electron chi connectivity index (χ1n) is 7.00. The number of hydrogen-bond acceptors (Lipinski definition) is 3. The van der Waals surface area contributed by atoms with Crippen molar-refractivity contribution < 1.29 is 14.7 Å². The normalized spacial score (nSPS) is 18.4. The fourth-order valence-corrected chi connectivity index (χ4v) is 3.86. The molecule has 1 aromatic rings. The first kappa shape index (κ1) is 15.0. The highest BCUT2D eigenvalue weighted by atomic mass is 32.1. The van der Waals surface area contributed by atoms with Gasteiger partial charge in [-0.1, -0.05) is 0 Å². The van der Waals surface area contributed by atoms with Crippen LogP contribution in [0.1, 0.15) is 50.0 Å². The first-order valence-corrected chi connectivity index (χ1v) is 7.88. The third kappa shape index (κ3) is 2.46. The summed E-state index contributed by atoms with van der Waals surface area (Å²) in [7, 11) is 0. The number of carboxylic acid groups (broad SMARTS) is 1. The molecule has 1 aliphatic carbocycles. The van der Waals surface area contributed by atoms with E-state index in [2.05, 4.69) is 0 Å². The first-order chi connectivity index (χ1) is 9.39. The third-order valence-corrected chi connectivity index (χ3v) is 5.13. The van der Waals surface area contributed by atoms with Gasteiger partial charge in [-0.25, -0.2) is 4.79 Å². The van der Waals surface area contributed by atoms with Crippen LogP contribution < -0.4 is 0 Å². The minimum Gasteiger partial charge on any atom is -0.480 e. The Hall–Kier alpha value is -1.36. The average Bonchev–Trinajstić information content (AvgIpc) is 2.86. The molecule has 0 saturated carbocycles. The van der Waals surface area contributed by atoms with Crippen LogP contribution in [0.25, 0.3) is 0 Å². The number of carbonyl (C=O) groups is 2. The summed E-state index contributed by atoms with van der Waals surface area (Å²) >= 11 is 1.69. The van der Waals surface area contributed by atoms with Gasteiger partial charge in [-0.05, 0) is 57.0 Å². The van der Waals surface area contributed by atoms with E-state index in [9.17, 15) is 14.7 Å². The maximum Gasteiger partial charge on any atom is 0.329 e. The van der Waals surface area contributed by atoms with Crippen LogP contribution in [-0.2, 0) is 16.0 Å². The Morgan fingerprint density at radius 3 is 2.80 bits per heavy atom. The van der Waals surface area contributed by atoms with Gasteiger partial charge in [0.25, 0.3) is 0 Å². The number of amides is 1. The molecule has 2 rings (SSSR count). The van der Waals surface area contributed by atoms with E-state index >= 15 is 0 Å². The molecule has 1 heterocycles. The van der Waals surface area contributed by atoms with Gasteiger partial charge in [0.15, 0.2) is 0 Å². The topological polar surface area (TPSA) is 57.6 Å². The number of nitrogens with zero attached hydrogens (tertiary/aromatic N) is 1. The molecule has 110 valence electrons. The van der Waals surface area contributed by atoms with Gasteiger partial charge in [0.1, 0.15) is 5.54 Å². The number of fused-ring (bicyclic) bond motifs is 1. The highest BCUT2D eigenvalue weighted by Crippen LogP contribution is 2.37. The smallest absolute Gasteiger partial charge is 0.329 e. The molecule has 0 radical (unpaired) electrons. The molecule has 1 amide bonds. The van der Waals surface area contributed by atoms with E-state index < -0.39 is 11.5 Å². The Morgan fingerprint density at radius 2 is 2.20 bits per heavy atom. The molecule has 0 aromatic carbocycles. The molecule has 1 unspecified atom stereocenters. The molecule has 1 atom stereocenters. The number of hydrogen-bond donors (Lipinski definition) is 1. The van der Waals surface area contributed by atoms with Gasteiger partial charge < -0.3 is 10.0 Å². The summed E-state index contributed by atoms with van der Waals surface area (Å²) in [6.07, 6.45) is 2.84. The minimum atomic E-state index is -1.17. The number of rotatable bonds is 4. The molecule has 0 spiro atoms. The molecule has 0 bridgehead atoms. The van der Waals surface area contributed by atoms with Crippen molar-refractivity contribution in [2.45, 2.75) is 51.5 Å². The summed E-state index contributed by atoms with van der Waals surface area (Å²) in [5.41, 5.74) is -0.0645. The van der Waals surface area contributed by atoms with E-state index in [1.807, 2.05) is 18.4 Å². The molecule has 20 heavy (non-hydrogen) atoms. The Morgan fingerprint density at radius 1 is 1.50 bits per heavy atom. The molecule has 1 aliphatic rings. The molecular weight excluding hydrogens is 274 g/mol. The van der Waals surface area contributed by atoms with Gasteiger partial charge in [0.05, 0.1) is 5.92 Å². The zero-order chi connectivity index (χ0) is 14.9. The minimum absolute atomic E-state index is 0.0562. The molecule has 0 aliphatic heterocycles. The van der Waals surface area contributed by atoms with Crippen LogP contribution in [0.3, 0.4) is 0 Å². The quantitative estimate of drug-likeness (QED) is 0.929. The Bertz CT molecular complexity index is 521. The number of aryl methyl sites for hydroxylation is 1. The van der Waals surface area contributed by atoms with Crippen LogP contribution in [0.15, 0.2) is 11.4 Å². The Balaban J connectivity index is 2.30. The predicted molar refractivity (Wildman–Crippen MR) is 79.1 cm³/mol. The fourth-order valence-electron chi connectivity index (χ4n) is 2.87. The number of aliphatic carboxylic acids is 1. The highest BCUT2D eigenvalue weighted by molar-refractivity contribution is 7.10. The lowest BCUT2D eigenvalue weighted by Crippen LogP contribution is -2.54. The predicted octanol–water partition coefficient (Wildman–Crippen LogP) is 2.88. The van der Waals surface area contributed by atoms with E-state index in [1.54, 1.807) is 25.2 Å². The number of thiophene rings is 1. The van der Waals surface area contributed by atoms with E-state index in [0.29, 0.717) is 6.54 Å². The number of carboxylic acids is 1. The van der Waals surface area contributed by atoms with Crippen molar-refractivity contribution in [1.82, 2.24) is 4.90 Å². The van der Waals surface area contributed by atoms with Gasteiger partial charge in [-0.2, -0.15) is 0 Å². The Kier molecular flexibility index (Phi) is 4.18. The van der Waals surface area contributed by atoms with Crippen molar-refractivity contribution in [1.29, 1.82) is 0 Å². The second kappa shape index (κ2) is 5.56. The van der Waals surface area contributed by atoms with Crippen molar-refractivity contribution in [2.24, 2.45) is 0 Å². The summed E-state index contributed by atoms with van der Waals surface area (Å²) in [5.74, 6) is -1.20. The van der Waals surface area contributed by atoms with Crippen molar-refractivity contribution >= 4 is 23.2 Å². The molecule has 1 aromatic heterocycles. The average molecular weight is 295 g/mol. The van der Waals surface area contributed by atoms with E-state index in [0.717, 1.165) is 24.8 Å². The zero-order valence-corrected chi connectivity index (χ0v) is 13.0. The number of carbonyl (C=O) groups excluding carboxylic acids is 1. The monoisotopic (exact) mass is 295 g/mol. The maximum atomic E-state index is 12.8. The summed E-state index contributed by atoms with van der Waals surface area (Å²) in [6.45, 7) is 5.43. The second-order valence-electron chi connectivity index (χ2n) is 5.69. The van der Waals surface area contributed by atoms with Gasteiger partial charge in [0, 0.05) is 11.4 Å². The van der Waals surface area contributed by atoms with E-state index in [4.69, 9.17) is 0 Å². The van der Waals surface area contributed by atoms with Crippen LogP contribution in [-0.4, -0.2) is 34.0 Å². The molecule has 0 fully saturated rings. The molecule has 4 nitrogen and oxygen atoms in total. The summed E-state index contributed by atoms with van der Waals surface area (Å²) < 4.78 is 0. The highest BCUT2D eigenvalue weighted by Gasteiger charge is 2.40. The lowest BCUT2D eigenvalue weighted by Gasteiger charge is -2.37. The Labute approximate surface area is 123 Å². The number of likely N-dealkylation sites (N-methyl/N-ethyl adjacent to an activating group) is 1. The van der Waals surface area contributed by atoms with Crippen molar-refractivity contribution in [3.05, 3.63) is 21.9 Å². The van der Waals surface area contributed by atoms with Gasteiger partial charge in [-0.3, -0.25) is 4.79 Å². The largest absolute Gasteiger partial charge is 0.480 e. The molecule has 1 N–H and O–H groups in total. The molecular formula is C15H21NO3S. The van der Waals surface area contributed by atoms with Gasteiger partial charge in [-0.15, -0.1) is 11.3 Å². The fraction of sp³-hybridized carbons (Fsp3) is 0.600. The molecule has 5 heteroatoms. The second-order valence-corrected chi connectivity index (χ2v) is 6.69. The SMILES string of the molecule is CCN(C(=O)C1CCCc2sccc21)C(C)(C)C(=O)O. The van der Waals surface area contributed by atoms with Crippen molar-refractivity contribution in [3.8, 4) is 0 Å². The van der Waals surface area contributed by atoms with Crippen LogP contribution >= 0.6 is 11.3 Å². The lowest BCUT2D eigenvalue weighted by atomic mass is 9.85.